The fraction of sp³-hybridized carbons (Fsp3) is 0.214. The molecule has 3 heterocycles. The van der Waals surface area contributed by atoms with Gasteiger partial charge < -0.3 is 4.57 Å². The lowest BCUT2D eigenvalue weighted by molar-refractivity contribution is 0.727. The number of halogens is 1. The quantitative estimate of drug-likeness (QED) is 0.688. The Balaban J connectivity index is 2.12. The number of pyridine rings is 2. The molecule has 1 atom stereocenters. The van der Waals surface area contributed by atoms with Crippen molar-refractivity contribution in [3.05, 3.63) is 54.4 Å². The number of imidazole rings is 1. The minimum atomic E-state index is -0.156. The smallest absolute Gasteiger partial charge is 0.128 e. The molecule has 3 rings (SSSR count). The zero-order chi connectivity index (χ0) is 13.2. The van der Waals surface area contributed by atoms with Crippen molar-refractivity contribution in [3.63, 3.8) is 0 Å². The first kappa shape index (κ1) is 12.1. The standard InChI is InChI=1S/C14H13ClN4/c1-10(15)14-18-12-8-16-7-5-13(12)19(14)9-11-4-2-3-6-17-11/h2-8,10H,9H2,1H3. The van der Waals surface area contributed by atoms with Crippen molar-refractivity contribution in [1.29, 1.82) is 0 Å². The van der Waals surface area contributed by atoms with Crippen LogP contribution in [0.2, 0.25) is 0 Å². The average molecular weight is 273 g/mol. The number of hydrogen-bond donors (Lipinski definition) is 0. The molecule has 0 bridgehead atoms. The molecule has 3 aromatic heterocycles. The Kier molecular flexibility index (Phi) is 3.17. The summed E-state index contributed by atoms with van der Waals surface area (Å²) in [6.45, 7) is 2.58. The van der Waals surface area contributed by atoms with Crippen molar-refractivity contribution >= 4 is 22.6 Å². The molecule has 0 fully saturated rings. The molecule has 0 spiro atoms. The zero-order valence-electron chi connectivity index (χ0n) is 10.5. The predicted molar refractivity (Wildman–Crippen MR) is 75.1 cm³/mol. The Morgan fingerprint density at radius 1 is 1.26 bits per heavy atom. The van der Waals surface area contributed by atoms with Crippen LogP contribution in [-0.2, 0) is 6.54 Å². The van der Waals surface area contributed by atoms with E-state index in [0.29, 0.717) is 6.54 Å². The Morgan fingerprint density at radius 3 is 2.89 bits per heavy atom. The van der Waals surface area contributed by atoms with Gasteiger partial charge in [0, 0.05) is 12.4 Å². The molecule has 0 saturated heterocycles. The Labute approximate surface area is 116 Å². The molecule has 4 nitrogen and oxygen atoms in total. The van der Waals surface area contributed by atoms with Gasteiger partial charge in [0.15, 0.2) is 0 Å². The number of fused-ring (bicyclic) bond motifs is 1. The molecule has 3 aromatic rings. The van der Waals surface area contributed by atoms with E-state index in [1.54, 1.807) is 18.6 Å². The number of alkyl halides is 1. The number of aromatic nitrogens is 4. The first-order valence-electron chi connectivity index (χ1n) is 6.10. The highest BCUT2D eigenvalue weighted by molar-refractivity contribution is 6.20. The lowest BCUT2D eigenvalue weighted by Crippen LogP contribution is -2.06. The van der Waals surface area contributed by atoms with Gasteiger partial charge in [0.1, 0.15) is 11.3 Å². The van der Waals surface area contributed by atoms with E-state index in [-0.39, 0.29) is 5.38 Å². The van der Waals surface area contributed by atoms with E-state index in [0.717, 1.165) is 22.6 Å². The van der Waals surface area contributed by atoms with Gasteiger partial charge >= 0.3 is 0 Å². The molecule has 0 N–H and O–H groups in total. The Morgan fingerprint density at radius 2 is 2.16 bits per heavy atom. The largest absolute Gasteiger partial charge is 0.321 e. The van der Waals surface area contributed by atoms with Gasteiger partial charge in [-0.3, -0.25) is 9.97 Å². The van der Waals surface area contributed by atoms with Crippen molar-refractivity contribution in [2.24, 2.45) is 0 Å². The first-order chi connectivity index (χ1) is 9.25. The Hall–Kier alpha value is -1.94. The third-order valence-corrected chi connectivity index (χ3v) is 3.18. The maximum Gasteiger partial charge on any atom is 0.128 e. The van der Waals surface area contributed by atoms with Crippen LogP contribution in [0.4, 0.5) is 0 Å². The summed E-state index contributed by atoms with van der Waals surface area (Å²) in [5, 5.41) is -0.156. The Bertz CT molecular complexity index is 691. The number of rotatable bonds is 3. The molecular weight excluding hydrogens is 260 g/mol. The van der Waals surface area contributed by atoms with Crippen LogP contribution in [-0.4, -0.2) is 19.5 Å². The molecule has 0 saturated carbocycles. The van der Waals surface area contributed by atoms with Crippen molar-refractivity contribution in [1.82, 2.24) is 19.5 Å². The molecule has 19 heavy (non-hydrogen) atoms. The van der Waals surface area contributed by atoms with Crippen LogP contribution in [0, 0.1) is 0 Å². The molecular formula is C14H13ClN4. The second-order valence-electron chi connectivity index (χ2n) is 4.36. The van der Waals surface area contributed by atoms with E-state index in [4.69, 9.17) is 11.6 Å². The van der Waals surface area contributed by atoms with Gasteiger partial charge in [-0.2, -0.15) is 0 Å². The van der Waals surface area contributed by atoms with Gasteiger partial charge in [-0.15, -0.1) is 11.6 Å². The second kappa shape index (κ2) is 4.97. The van der Waals surface area contributed by atoms with E-state index < -0.39 is 0 Å². The average Bonchev–Trinajstić information content (AvgIpc) is 2.79. The summed E-state index contributed by atoms with van der Waals surface area (Å²) >= 11 is 6.22. The second-order valence-corrected chi connectivity index (χ2v) is 5.01. The molecule has 0 aromatic carbocycles. The van der Waals surface area contributed by atoms with E-state index >= 15 is 0 Å². The third-order valence-electron chi connectivity index (χ3n) is 2.98. The molecule has 96 valence electrons. The molecule has 0 aliphatic rings. The summed E-state index contributed by atoms with van der Waals surface area (Å²) < 4.78 is 2.09. The van der Waals surface area contributed by atoms with Gasteiger partial charge in [-0.25, -0.2) is 4.98 Å². The molecule has 0 radical (unpaired) electrons. The SMILES string of the molecule is CC(Cl)c1nc2cnccc2n1Cc1ccccn1. The summed E-state index contributed by atoms with van der Waals surface area (Å²) in [7, 11) is 0. The van der Waals surface area contributed by atoms with E-state index in [9.17, 15) is 0 Å². The summed E-state index contributed by atoms with van der Waals surface area (Å²) in [5.74, 6) is 0.843. The molecule has 5 heteroatoms. The fourth-order valence-electron chi connectivity index (χ4n) is 2.12. The molecule has 0 amide bonds. The highest BCUT2D eigenvalue weighted by Gasteiger charge is 2.15. The predicted octanol–water partition coefficient (Wildman–Crippen LogP) is 3.17. The maximum atomic E-state index is 6.22. The van der Waals surface area contributed by atoms with Gasteiger partial charge in [-0.1, -0.05) is 6.07 Å². The lowest BCUT2D eigenvalue weighted by atomic mass is 10.3. The maximum absolute atomic E-state index is 6.22. The molecule has 0 aliphatic heterocycles. The number of hydrogen-bond acceptors (Lipinski definition) is 3. The lowest BCUT2D eigenvalue weighted by Gasteiger charge is -2.09. The van der Waals surface area contributed by atoms with E-state index in [2.05, 4.69) is 19.5 Å². The van der Waals surface area contributed by atoms with E-state index in [1.165, 1.54) is 0 Å². The monoisotopic (exact) mass is 272 g/mol. The minimum absolute atomic E-state index is 0.156. The van der Waals surface area contributed by atoms with Crippen molar-refractivity contribution in [2.75, 3.05) is 0 Å². The summed E-state index contributed by atoms with van der Waals surface area (Å²) in [5.41, 5.74) is 2.88. The van der Waals surface area contributed by atoms with Crippen LogP contribution in [0.3, 0.4) is 0 Å². The molecule has 0 aliphatic carbocycles. The zero-order valence-corrected chi connectivity index (χ0v) is 11.2. The van der Waals surface area contributed by atoms with Crippen LogP contribution in [0.25, 0.3) is 11.0 Å². The first-order valence-corrected chi connectivity index (χ1v) is 6.53. The van der Waals surface area contributed by atoms with Gasteiger partial charge in [0.05, 0.1) is 29.3 Å². The van der Waals surface area contributed by atoms with Gasteiger partial charge in [0.25, 0.3) is 0 Å². The highest BCUT2D eigenvalue weighted by Crippen LogP contribution is 2.24. The van der Waals surface area contributed by atoms with Gasteiger partial charge in [0.2, 0.25) is 0 Å². The van der Waals surface area contributed by atoms with Crippen molar-refractivity contribution in [2.45, 2.75) is 18.8 Å². The fourth-order valence-corrected chi connectivity index (χ4v) is 2.29. The van der Waals surface area contributed by atoms with Crippen LogP contribution < -0.4 is 0 Å². The highest BCUT2D eigenvalue weighted by atomic mass is 35.5. The van der Waals surface area contributed by atoms with Crippen molar-refractivity contribution < 1.29 is 0 Å². The van der Waals surface area contributed by atoms with E-state index in [1.807, 2.05) is 31.2 Å². The normalized spacial score (nSPS) is 12.7. The van der Waals surface area contributed by atoms with Gasteiger partial charge in [-0.05, 0) is 25.1 Å². The van der Waals surface area contributed by atoms with Crippen molar-refractivity contribution in [3.8, 4) is 0 Å². The summed E-state index contributed by atoms with van der Waals surface area (Å²) in [6, 6.07) is 7.83. The minimum Gasteiger partial charge on any atom is -0.321 e. The summed E-state index contributed by atoms with van der Waals surface area (Å²) in [4.78, 5) is 13.0. The van der Waals surface area contributed by atoms with Crippen LogP contribution in [0.5, 0.6) is 0 Å². The topological polar surface area (TPSA) is 43.6 Å². The third kappa shape index (κ3) is 2.31. The van der Waals surface area contributed by atoms with Crippen LogP contribution in [0.1, 0.15) is 23.8 Å². The number of nitrogens with zero attached hydrogens (tertiary/aromatic N) is 4. The van der Waals surface area contributed by atoms with Crippen LogP contribution in [0.15, 0.2) is 42.9 Å². The molecule has 1 unspecified atom stereocenters. The van der Waals surface area contributed by atoms with Crippen LogP contribution >= 0.6 is 11.6 Å². The summed E-state index contributed by atoms with van der Waals surface area (Å²) in [6.07, 6.45) is 5.31.